The molecular formula is C18H27N5O2. The van der Waals surface area contributed by atoms with Crippen molar-refractivity contribution in [2.24, 2.45) is 5.92 Å². The molecule has 136 valence electrons. The number of aliphatic hydroxyl groups is 1. The zero-order valence-electron chi connectivity index (χ0n) is 14.5. The van der Waals surface area contributed by atoms with E-state index >= 15 is 0 Å². The first-order valence-corrected chi connectivity index (χ1v) is 9.27. The van der Waals surface area contributed by atoms with Gasteiger partial charge in [0.2, 0.25) is 0 Å². The first-order valence-electron chi connectivity index (χ1n) is 9.27. The molecule has 1 aliphatic heterocycles. The van der Waals surface area contributed by atoms with Gasteiger partial charge in [0, 0.05) is 56.5 Å². The second-order valence-corrected chi connectivity index (χ2v) is 7.29. The first kappa shape index (κ1) is 16.8. The van der Waals surface area contributed by atoms with Crippen LogP contribution in [0.1, 0.15) is 37.3 Å². The van der Waals surface area contributed by atoms with Crippen molar-refractivity contribution in [3.63, 3.8) is 0 Å². The number of hydrogen-bond acceptors (Lipinski definition) is 5. The number of rotatable bonds is 6. The van der Waals surface area contributed by atoms with Gasteiger partial charge in [-0.1, -0.05) is 0 Å². The van der Waals surface area contributed by atoms with E-state index in [-0.39, 0.29) is 12.1 Å². The highest BCUT2D eigenvalue weighted by Crippen LogP contribution is 2.28. The van der Waals surface area contributed by atoms with E-state index in [2.05, 4.69) is 26.4 Å². The summed E-state index contributed by atoms with van der Waals surface area (Å²) in [6.45, 7) is 3.28. The first-order chi connectivity index (χ1) is 12.3. The van der Waals surface area contributed by atoms with Gasteiger partial charge in [0.25, 0.3) is 0 Å². The van der Waals surface area contributed by atoms with Gasteiger partial charge in [-0.15, -0.1) is 0 Å². The molecule has 2 aromatic heterocycles. The maximum Gasteiger partial charge on any atom is 0.0696 e. The van der Waals surface area contributed by atoms with Gasteiger partial charge in [0.05, 0.1) is 18.3 Å². The van der Waals surface area contributed by atoms with Crippen molar-refractivity contribution < 1.29 is 9.84 Å². The van der Waals surface area contributed by atoms with Crippen LogP contribution < -0.4 is 5.32 Å². The van der Waals surface area contributed by atoms with Crippen LogP contribution in [0.15, 0.2) is 30.9 Å². The van der Waals surface area contributed by atoms with Crippen LogP contribution in [-0.2, 0) is 17.8 Å². The largest absolute Gasteiger partial charge is 0.391 e. The maximum atomic E-state index is 10.3. The molecule has 2 aliphatic rings. The second kappa shape index (κ2) is 7.68. The van der Waals surface area contributed by atoms with E-state index in [9.17, 15) is 5.11 Å². The van der Waals surface area contributed by atoms with Crippen LogP contribution in [-0.4, -0.2) is 50.0 Å². The van der Waals surface area contributed by atoms with E-state index in [1.165, 1.54) is 5.56 Å². The third kappa shape index (κ3) is 4.11. The van der Waals surface area contributed by atoms with Crippen LogP contribution in [0.3, 0.4) is 0 Å². The van der Waals surface area contributed by atoms with E-state index in [0.717, 1.165) is 52.0 Å². The van der Waals surface area contributed by atoms with E-state index in [4.69, 9.17) is 4.74 Å². The summed E-state index contributed by atoms with van der Waals surface area (Å²) in [7, 11) is 0. The monoisotopic (exact) mass is 345 g/mol. The Labute approximate surface area is 148 Å². The highest BCUT2D eigenvalue weighted by Gasteiger charge is 2.32. The molecular weight excluding hydrogens is 318 g/mol. The van der Waals surface area contributed by atoms with Crippen molar-refractivity contribution >= 4 is 0 Å². The lowest BCUT2D eigenvalue weighted by Gasteiger charge is -2.22. The van der Waals surface area contributed by atoms with E-state index < -0.39 is 0 Å². The molecule has 0 aromatic carbocycles. The molecule has 0 amide bonds. The van der Waals surface area contributed by atoms with Crippen molar-refractivity contribution in [2.75, 3.05) is 13.2 Å². The van der Waals surface area contributed by atoms with Crippen molar-refractivity contribution in [3.8, 4) is 0 Å². The van der Waals surface area contributed by atoms with Gasteiger partial charge in [-0.3, -0.25) is 9.36 Å². The Morgan fingerprint density at radius 1 is 1.24 bits per heavy atom. The van der Waals surface area contributed by atoms with Crippen molar-refractivity contribution in [1.82, 2.24) is 24.9 Å². The molecule has 7 nitrogen and oxygen atoms in total. The Kier molecular flexibility index (Phi) is 5.14. The number of nitrogens with one attached hydrogen (secondary N) is 1. The molecule has 7 heteroatoms. The van der Waals surface area contributed by atoms with Crippen molar-refractivity contribution in [1.29, 1.82) is 0 Å². The van der Waals surface area contributed by atoms with Crippen LogP contribution in [0.25, 0.3) is 0 Å². The number of hydrogen-bond donors (Lipinski definition) is 2. The molecule has 3 heterocycles. The lowest BCUT2D eigenvalue weighted by Crippen LogP contribution is -2.35. The zero-order chi connectivity index (χ0) is 17.1. The molecule has 0 spiro atoms. The SMILES string of the molecule is O[C@@H]1CC(Cn2cccn2)C[C@H]1NCc1cnn(C2CCOCC2)c1. The maximum absolute atomic E-state index is 10.3. The third-order valence-electron chi connectivity index (χ3n) is 5.42. The highest BCUT2D eigenvalue weighted by molar-refractivity contribution is 5.05. The van der Waals surface area contributed by atoms with Gasteiger partial charge in [-0.25, -0.2) is 0 Å². The lowest BCUT2D eigenvalue weighted by molar-refractivity contribution is 0.0662. The predicted octanol–water partition coefficient (Wildman–Crippen LogP) is 1.36. The summed E-state index contributed by atoms with van der Waals surface area (Å²) in [6.07, 6.45) is 11.4. The average molecular weight is 345 g/mol. The zero-order valence-corrected chi connectivity index (χ0v) is 14.5. The molecule has 2 N–H and O–H groups in total. The van der Waals surface area contributed by atoms with Crippen LogP contribution in [0, 0.1) is 5.92 Å². The Morgan fingerprint density at radius 2 is 2.12 bits per heavy atom. The Bertz CT molecular complexity index is 650. The molecule has 0 bridgehead atoms. The minimum absolute atomic E-state index is 0.145. The fourth-order valence-corrected chi connectivity index (χ4v) is 4.03. The lowest BCUT2D eigenvalue weighted by atomic mass is 10.1. The number of aliphatic hydroxyl groups excluding tert-OH is 1. The highest BCUT2D eigenvalue weighted by atomic mass is 16.5. The Balaban J connectivity index is 1.27. The number of nitrogens with zero attached hydrogens (tertiary/aromatic N) is 4. The van der Waals surface area contributed by atoms with Gasteiger partial charge in [-0.05, 0) is 37.7 Å². The summed E-state index contributed by atoms with van der Waals surface area (Å²) >= 11 is 0. The summed E-state index contributed by atoms with van der Waals surface area (Å²) in [4.78, 5) is 0. The van der Waals surface area contributed by atoms with Crippen LogP contribution >= 0.6 is 0 Å². The average Bonchev–Trinajstić information content (AvgIpc) is 3.36. The molecule has 25 heavy (non-hydrogen) atoms. The fourth-order valence-electron chi connectivity index (χ4n) is 4.03. The molecule has 3 atom stereocenters. The molecule has 4 rings (SSSR count). The molecule has 1 saturated carbocycles. The van der Waals surface area contributed by atoms with Crippen LogP contribution in [0.5, 0.6) is 0 Å². The molecule has 0 radical (unpaired) electrons. The van der Waals surface area contributed by atoms with Gasteiger partial charge in [-0.2, -0.15) is 10.2 Å². The molecule has 2 aromatic rings. The summed E-state index contributed by atoms with van der Waals surface area (Å²) in [6, 6.07) is 2.54. The standard InChI is InChI=1S/C18H27N5O2/c24-18-9-14(12-22-5-1-4-20-22)8-17(18)19-10-15-11-21-23(13-15)16-2-6-25-7-3-16/h1,4-5,11,13-14,16-19,24H,2-3,6-10,12H2/t14?,17-,18-/m1/s1. The molecule has 1 saturated heterocycles. The normalized spacial score (nSPS) is 27.8. The summed E-state index contributed by atoms with van der Waals surface area (Å²) in [5.74, 6) is 0.470. The van der Waals surface area contributed by atoms with Gasteiger partial charge in [0.15, 0.2) is 0 Å². The van der Waals surface area contributed by atoms with Gasteiger partial charge < -0.3 is 15.2 Å². The second-order valence-electron chi connectivity index (χ2n) is 7.29. The molecule has 1 unspecified atom stereocenters. The number of aromatic nitrogens is 4. The summed E-state index contributed by atoms with van der Waals surface area (Å²) < 4.78 is 9.45. The van der Waals surface area contributed by atoms with Crippen LogP contribution in [0.4, 0.5) is 0 Å². The Hall–Kier alpha value is -1.70. The fraction of sp³-hybridized carbons (Fsp3) is 0.667. The molecule has 1 aliphatic carbocycles. The Morgan fingerprint density at radius 3 is 2.92 bits per heavy atom. The topological polar surface area (TPSA) is 77.1 Å². The van der Waals surface area contributed by atoms with Gasteiger partial charge >= 0.3 is 0 Å². The minimum atomic E-state index is -0.286. The summed E-state index contributed by atoms with van der Waals surface area (Å²) in [5, 5.41) is 22.6. The van der Waals surface area contributed by atoms with Crippen LogP contribution in [0.2, 0.25) is 0 Å². The number of ether oxygens (including phenoxy) is 1. The van der Waals surface area contributed by atoms with E-state index in [1.54, 1.807) is 6.20 Å². The minimum Gasteiger partial charge on any atom is -0.391 e. The van der Waals surface area contributed by atoms with E-state index in [0.29, 0.717) is 12.0 Å². The molecule has 2 fully saturated rings. The van der Waals surface area contributed by atoms with E-state index in [1.807, 2.05) is 23.1 Å². The predicted molar refractivity (Wildman–Crippen MR) is 92.9 cm³/mol. The summed E-state index contributed by atoms with van der Waals surface area (Å²) in [5.41, 5.74) is 1.18. The van der Waals surface area contributed by atoms with Gasteiger partial charge in [0.1, 0.15) is 0 Å². The van der Waals surface area contributed by atoms with Crippen molar-refractivity contribution in [2.45, 2.75) is 57.0 Å². The van der Waals surface area contributed by atoms with Crippen molar-refractivity contribution in [3.05, 3.63) is 36.4 Å². The quantitative estimate of drug-likeness (QED) is 0.827. The third-order valence-corrected chi connectivity index (χ3v) is 5.42. The smallest absolute Gasteiger partial charge is 0.0696 e.